The van der Waals surface area contributed by atoms with Crippen molar-refractivity contribution in [3.05, 3.63) is 71.4 Å². The lowest BCUT2D eigenvalue weighted by Crippen LogP contribution is -2.34. The van der Waals surface area contributed by atoms with Crippen molar-refractivity contribution in [1.82, 2.24) is 9.78 Å². The molecule has 0 amide bonds. The summed E-state index contributed by atoms with van der Waals surface area (Å²) in [5, 5.41) is 15.3. The van der Waals surface area contributed by atoms with Crippen LogP contribution in [0, 0.1) is 11.3 Å². The van der Waals surface area contributed by atoms with Crippen molar-refractivity contribution in [3.8, 4) is 6.07 Å². The van der Waals surface area contributed by atoms with Gasteiger partial charge in [0.1, 0.15) is 12.3 Å². The van der Waals surface area contributed by atoms with Crippen LogP contribution in [0.5, 0.6) is 0 Å². The van der Waals surface area contributed by atoms with Crippen LogP contribution < -0.4 is 4.31 Å². The predicted molar refractivity (Wildman–Crippen MR) is 150 cm³/mol. The summed E-state index contributed by atoms with van der Waals surface area (Å²) in [5.41, 5.74) is 1.37. The van der Waals surface area contributed by atoms with Gasteiger partial charge in [0.2, 0.25) is 10.0 Å². The summed E-state index contributed by atoms with van der Waals surface area (Å²) in [6.07, 6.45) is 6.72. The van der Waals surface area contributed by atoms with E-state index in [2.05, 4.69) is 25.7 Å². The van der Waals surface area contributed by atoms with E-state index in [1.807, 2.05) is 54.1 Å². The first-order valence-electron chi connectivity index (χ1n) is 11.8. The quantitative estimate of drug-likeness (QED) is 0.128. The molecule has 7 nitrogen and oxygen atoms in total. The SMILES string of the molecule is CCC(C=CC#N)(c1ccc(Cl)cc1)n1ncc2c(N(COCC[Si](C)(C)C)S(C)(=O)=O)cccc21. The Morgan fingerprint density at radius 2 is 1.92 bits per heavy atom. The number of benzene rings is 2. The van der Waals surface area contributed by atoms with Crippen molar-refractivity contribution >= 4 is 46.3 Å². The third-order valence-corrected chi connectivity index (χ3v) is 9.22. The maximum Gasteiger partial charge on any atom is 0.234 e. The molecule has 1 unspecified atom stereocenters. The van der Waals surface area contributed by atoms with Gasteiger partial charge in [-0.25, -0.2) is 12.7 Å². The Hall–Kier alpha value is -2.64. The molecule has 1 heterocycles. The van der Waals surface area contributed by atoms with E-state index in [0.717, 1.165) is 17.1 Å². The lowest BCUT2D eigenvalue weighted by atomic mass is 9.86. The van der Waals surface area contributed by atoms with E-state index in [0.29, 0.717) is 29.1 Å². The van der Waals surface area contributed by atoms with Gasteiger partial charge in [-0.05, 0) is 48.4 Å². The normalized spacial score (nSPS) is 14.1. The molecule has 192 valence electrons. The van der Waals surface area contributed by atoms with Crippen molar-refractivity contribution < 1.29 is 13.2 Å². The fourth-order valence-corrected chi connectivity index (χ4v) is 5.78. The number of aromatic nitrogens is 2. The monoisotopic (exact) mass is 544 g/mol. The van der Waals surface area contributed by atoms with Gasteiger partial charge in [0.15, 0.2) is 0 Å². The number of hydrogen-bond donors (Lipinski definition) is 0. The van der Waals surface area contributed by atoms with E-state index < -0.39 is 23.6 Å². The number of hydrogen-bond acceptors (Lipinski definition) is 5. The highest BCUT2D eigenvalue weighted by Crippen LogP contribution is 2.37. The number of nitriles is 1. The predicted octanol–water partition coefficient (Wildman–Crippen LogP) is 6.00. The van der Waals surface area contributed by atoms with Crippen molar-refractivity contribution in [2.75, 3.05) is 23.9 Å². The number of halogens is 1. The molecule has 3 rings (SSSR count). The number of anilines is 1. The number of ether oxygens (including phenoxy) is 1. The first-order valence-corrected chi connectivity index (χ1v) is 17.7. The Bertz CT molecular complexity index is 1370. The molecular formula is C26H33ClN4O3SSi. The lowest BCUT2D eigenvalue weighted by Gasteiger charge is -2.32. The number of allylic oxidation sites excluding steroid dienone is 2. The standard InChI is InChI=1S/C26H33ClN4O3SSi/c1-6-26(15-8-16-28,21-11-13-22(27)14-12-21)31-25-10-7-9-24(23(25)19-29-31)30(35(2,32)33)20-34-17-18-36(3,4)5/h7-15,19H,6,17-18,20H2,1-5H3. The van der Waals surface area contributed by atoms with Crippen molar-refractivity contribution in [2.24, 2.45) is 0 Å². The first kappa shape index (κ1) is 27.9. The topological polar surface area (TPSA) is 88.2 Å². The third-order valence-electron chi connectivity index (χ3n) is 6.16. The zero-order chi connectivity index (χ0) is 26.6. The minimum atomic E-state index is -3.62. The van der Waals surface area contributed by atoms with Gasteiger partial charge in [0, 0.05) is 31.2 Å². The number of fused-ring (bicyclic) bond motifs is 1. The van der Waals surface area contributed by atoms with Gasteiger partial charge < -0.3 is 4.74 Å². The van der Waals surface area contributed by atoms with Crippen LogP contribution in [0.4, 0.5) is 5.69 Å². The average Bonchev–Trinajstić information content (AvgIpc) is 3.24. The summed E-state index contributed by atoms with van der Waals surface area (Å²) >= 11 is 6.14. The van der Waals surface area contributed by atoms with Crippen LogP contribution in [0.15, 0.2) is 60.8 Å². The van der Waals surface area contributed by atoms with Crippen LogP contribution in [0.25, 0.3) is 10.9 Å². The summed E-state index contributed by atoms with van der Waals surface area (Å²) in [4.78, 5) is 0. The van der Waals surface area contributed by atoms with Crippen LogP contribution in [0.3, 0.4) is 0 Å². The molecule has 0 saturated heterocycles. The summed E-state index contributed by atoms with van der Waals surface area (Å²) in [6.45, 7) is 9.20. The van der Waals surface area contributed by atoms with Gasteiger partial charge in [-0.15, -0.1) is 0 Å². The van der Waals surface area contributed by atoms with E-state index in [1.165, 1.54) is 16.6 Å². The maximum atomic E-state index is 12.8. The molecule has 0 aliphatic heterocycles. The molecule has 2 aromatic carbocycles. The van der Waals surface area contributed by atoms with Gasteiger partial charge >= 0.3 is 0 Å². The second kappa shape index (κ2) is 11.2. The zero-order valence-corrected chi connectivity index (χ0v) is 24.0. The van der Waals surface area contributed by atoms with Gasteiger partial charge in [-0.2, -0.15) is 10.4 Å². The van der Waals surface area contributed by atoms with Gasteiger partial charge in [-0.3, -0.25) is 4.68 Å². The highest BCUT2D eigenvalue weighted by atomic mass is 35.5. The Morgan fingerprint density at radius 1 is 1.22 bits per heavy atom. The molecule has 1 atom stereocenters. The minimum Gasteiger partial charge on any atom is -0.360 e. The van der Waals surface area contributed by atoms with E-state index in [1.54, 1.807) is 12.3 Å². The van der Waals surface area contributed by atoms with E-state index in [-0.39, 0.29) is 6.73 Å². The fourth-order valence-electron chi connectivity index (χ4n) is 4.12. The van der Waals surface area contributed by atoms with Gasteiger partial charge in [0.05, 0.1) is 29.7 Å². The fraction of sp³-hybridized carbons (Fsp3) is 0.385. The number of rotatable bonds is 11. The molecule has 0 N–H and O–H groups in total. The lowest BCUT2D eigenvalue weighted by molar-refractivity contribution is 0.156. The minimum absolute atomic E-state index is 0.0714. The molecule has 0 saturated carbocycles. The Morgan fingerprint density at radius 3 is 2.50 bits per heavy atom. The molecule has 36 heavy (non-hydrogen) atoms. The van der Waals surface area contributed by atoms with Gasteiger partial charge in [-0.1, -0.05) is 56.4 Å². The van der Waals surface area contributed by atoms with Crippen molar-refractivity contribution in [2.45, 2.75) is 44.6 Å². The van der Waals surface area contributed by atoms with Crippen LogP contribution in [0.1, 0.15) is 18.9 Å². The van der Waals surface area contributed by atoms with Crippen molar-refractivity contribution in [1.29, 1.82) is 5.26 Å². The molecule has 0 spiro atoms. The number of nitrogens with zero attached hydrogens (tertiary/aromatic N) is 4. The summed E-state index contributed by atoms with van der Waals surface area (Å²) in [6, 6.07) is 16.0. The van der Waals surface area contributed by atoms with Gasteiger partial charge in [0.25, 0.3) is 0 Å². The second-order valence-corrected chi connectivity index (χ2v) is 17.9. The average molecular weight is 545 g/mol. The van der Waals surface area contributed by atoms with Crippen molar-refractivity contribution in [3.63, 3.8) is 0 Å². The molecule has 1 aromatic heterocycles. The molecular weight excluding hydrogens is 512 g/mol. The molecule has 3 aromatic rings. The number of sulfonamides is 1. The maximum absolute atomic E-state index is 12.8. The van der Waals surface area contributed by atoms with Crippen LogP contribution in [-0.2, 0) is 20.3 Å². The molecule has 0 fully saturated rings. The Kier molecular flexibility index (Phi) is 8.67. The summed E-state index contributed by atoms with van der Waals surface area (Å²) in [7, 11) is -4.93. The highest BCUT2D eigenvalue weighted by molar-refractivity contribution is 7.92. The highest BCUT2D eigenvalue weighted by Gasteiger charge is 2.33. The largest absolute Gasteiger partial charge is 0.360 e. The van der Waals surface area contributed by atoms with Crippen LogP contribution in [0.2, 0.25) is 30.7 Å². The zero-order valence-electron chi connectivity index (χ0n) is 21.4. The smallest absolute Gasteiger partial charge is 0.234 e. The third kappa shape index (κ3) is 6.18. The Labute approximate surface area is 220 Å². The first-order chi connectivity index (χ1) is 16.9. The molecule has 0 bridgehead atoms. The van der Waals surface area contributed by atoms with Crippen LogP contribution in [-0.4, -0.2) is 45.9 Å². The molecule has 0 aliphatic carbocycles. The molecule has 0 radical (unpaired) electrons. The summed E-state index contributed by atoms with van der Waals surface area (Å²) in [5.74, 6) is 0. The second-order valence-electron chi connectivity index (χ2n) is 9.97. The van der Waals surface area contributed by atoms with E-state index >= 15 is 0 Å². The Balaban J connectivity index is 2.13. The van der Waals surface area contributed by atoms with Crippen LogP contribution >= 0.6 is 11.6 Å². The van der Waals surface area contributed by atoms with E-state index in [4.69, 9.17) is 21.4 Å². The molecule has 0 aliphatic rings. The van der Waals surface area contributed by atoms with E-state index in [9.17, 15) is 13.7 Å². The summed E-state index contributed by atoms with van der Waals surface area (Å²) < 4.78 is 34.5. The molecule has 10 heteroatoms.